The van der Waals surface area contributed by atoms with Gasteiger partial charge in [0.05, 0.1) is 12.7 Å². The maximum Gasteiger partial charge on any atom is 0.0674 e. The Balaban J connectivity index is 2.28. The second kappa shape index (κ2) is 9.73. The molecule has 0 bridgehead atoms. The van der Waals surface area contributed by atoms with E-state index >= 15 is 0 Å². The molecule has 0 amide bonds. The second-order valence-electron chi connectivity index (χ2n) is 6.08. The summed E-state index contributed by atoms with van der Waals surface area (Å²) in [6, 6.07) is 0.635. The predicted octanol–water partition coefficient (Wildman–Crippen LogP) is 3.03. The van der Waals surface area contributed by atoms with E-state index in [1.54, 1.807) is 0 Å². The molecule has 3 atom stereocenters. The van der Waals surface area contributed by atoms with Gasteiger partial charge in [-0.1, -0.05) is 26.7 Å². The van der Waals surface area contributed by atoms with E-state index in [1.165, 1.54) is 45.1 Å². The number of ether oxygens (including phenoxy) is 1. The van der Waals surface area contributed by atoms with Crippen LogP contribution >= 0.6 is 0 Å². The monoisotopic (exact) mass is 270 g/mol. The fourth-order valence-electron chi connectivity index (χ4n) is 3.22. The van der Waals surface area contributed by atoms with Crippen LogP contribution in [0.1, 0.15) is 59.3 Å². The lowest BCUT2D eigenvalue weighted by Crippen LogP contribution is -2.48. The third-order valence-electron chi connectivity index (χ3n) is 4.38. The van der Waals surface area contributed by atoms with E-state index in [0.717, 1.165) is 25.6 Å². The van der Waals surface area contributed by atoms with Crippen LogP contribution in [0.15, 0.2) is 0 Å². The Bertz CT molecular complexity index is 217. The lowest BCUT2D eigenvalue weighted by Gasteiger charge is -2.38. The largest absolute Gasteiger partial charge is 0.376 e. The molecular weight excluding hydrogens is 236 g/mol. The van der Waals surface area contributed by atoms with Crippen LogP contribution in [0.3, 0.4) is 0 Å². The van der Waals surface area contributed by atoms with E-state index in [2.05, 4.69) is 25.7 Å². The number of hydrogen-bond acceptors (Lipinski definition) is 3. The molecule has 1 rings (SSSR count). The van der Waals surface area contributed by atoms with Crippen LogP contribution in [0.5, 0.6) is 0 Å². The van der Waals surface area contributed by atoms with E-state index in [4.69, 9.17) is 10.5 Å². The van der Waals surface area contributed by atoms with E-state index in [9.17, 15) is 0 Å². The normalized spacial score (nSPS) is 26.5. The number of morpholine rings is 1. The molecule has 0 aromatic heterocycles. The molecule has 0 aromatic rings. The summed E-state index contributed by atoms with van der Waals surface area (Å²) in [7, 11) is 0. The molecule has 1 aliphatic heterocycles. The first kappa shape index (κ1) is 16.9. The molecule has 0 saturated carbocycles. The van der Waals surface area contributed by atoms with Gasteiger partial charge in [0.25, 0.3) is 0 Å². The van der Waals surface area contributed by atoms with Crippen LogP contribution in [0, 0.1) is 5.92 Å². The predicted molar refractivity (Wildman–Crippen MR) is 82.4 cm³/mol. The fourth-order valence-corrected chi connectivity index (χ4v) is 3.22. The summed E-state index contributed by atoms with van der Waals surface area (Å²) in [5, 5.41) is 0. The van der Waals surface area contributed by atoms with Crippen molar-refractivity contribution < 1.29 is 4.74 Å². The Kier molecular flexibility index (Phi) is 8.67. The van der Waals surface area contributed by atoms with Gasteiger partial charge in [-0.3, -0.25) is 4.90 Å². The van der Waals surface area contributed by atoms with Crippen molar-refractivity contribution in [3.8, 4) is 0 Å². The molecule has 1 aliphatic rings. The number of nitrogens with zero attached hydrogens (tertiary/aromatic N) is 1. The topological polar surface area (TPSA) is 38.5 Å². The smallest absolute Gasteiger partial charge is 0.0674 e. The average molecular weight is 270 g/mol. The van der Waals surface area contributed by atoms with Gasteiger partial charge in [-0.2, -0.15) is 0 Å². The van der Waals surface area contributed by atoms with Crippen LogP contribution in [0.2, 0.25) is 0 Å². The molecule has 3 heteroatoms. The van der Waals surface area contributed by atoms with Gasteiger partial charge in [-0.15, -0.1) is 0 Å². The summed E-state index contributed by atoms with van der Waals surface area (Å²) >= 11 is 0. The van der Waals surface area contributed by atoms with Gasteiger partial charge in [0.2, 0.25) is 0 Å². The Morgan fingerprint density at radius 3 is 2.68 bits per heavy atom. The first-order chi connectivity index (χ1) is 9.21. The maximum atomic E-state index is 5.76. The third kappa shape index (κ3) is 6.24. The standard InChI is InChI=1S/C16H34N2O/c1-4-7-15(9-10-17)8-6-11-18-12-14(3)19-13-16(18)5-2/h14-16H,4-13,17H2,1-3H3. The van der Waals surface area contributed by atoms with E-state index in [-0.39, 0.29) is 0 Å². The minimum atomic E-state index is 0.401. The molecule has 0 radical (unpaired) electrons. The third-order valence-corrected chi connectivity index (χ3v) is 4.38. The van der Waals surface area contributed by atoms with Gasteiger partial charge in [0, 0.05) is 12.6 Å². The molecule has 2 N–H and O–H groups in total. The zero-order valence-corrected chi connectivity index (χ0v) is 13.2. The van der Waals surface area contributed by atoms with Gasteiger partial charge >= 0.3 is 0 Å². The van der Waals surface area contributed by atoms with Gasteiger partial charge in [0.15, 0.2) is 0 Å². The van der Waals surface area contributed by atoms with Crippen LogP contribution in [0.25, 0.3) is 0 Å². The summed E-state index contributed by atoms with van der Waals surface area (Å²) in [6.45, 7) is 10.8. The van der Waals surface area contributed by atoms with Crippen molar-refractivity contribution in [3.63, 3.8) is 0 Å². The van der Waals surface area contributed by atoms with Crippen molar-refractivity contribution in [2.45, 2.75) is 71.4 Å². The first-order valence-corrected chi connectivity index (χ1v) is 8.26. The minimum Gasteiger partial charge on any atom is -0.376 e. The Morgan fingerprint density at radius 2 is 2.05 bits per heavy atom. The van der Waals surface area contributed by atoms with Crippen molar-refractivity contribution in [2.75, 3.05) is 26.2 Å². The van der Waals surface area contributed by atoms with Crippen molar-refractivity contribution in [1.29, 1.82) is 0 Å². The van der Waals surface area contributed by atoms with Crippen molar-refractivity contribution in [3.05, 3.63) is 0 Å². The Labute approximate surface area is 119 Å². The average Bonchev–Trinajstić information content (AvgIpc) is 2.39. The van der Waals surface area contributed by atoms with Crippen LogP contribution in [0.4, 0.5) is 0 Å². The van der Waals surface area contributed by atoms with Crippen LogP contribution in [-0.2, 0) is 4.74 Å². The van der Waals surface area contributed by atoms with Crippen molar-refractivity contribution in [2.24, 2.45) is 11.7 Å². The number of rotatable bonds is 9. The first-order valence-electron chi connectivity index (χ1n) is 8.26. The highest BCUT2D eigenvalue weighted by atomic mass is 16.5. The SMILES string of the molecule is CCCC(CCN)CCCN1CC(C)OCC1CC. The molecule has 1 saturated heterocycles. The van der Waals surface area contributed by atoms with Crippen molar-refractivity contribution in [1.82, 2.24) is 4.90 Å². The summed E-state index contributed by atoms with van der Waals surface area (Å²) in [4.78, 5) is 2.64. The molecular formula is C16H34N2O. The summed E-state index contributed by atoms with van der Waals surface area (Å²) in [5.74, 6) is 0.841. The van der Waals surface area contributed by atoms with E-state index in [1.807, 2.05) is 0 Å². The van der Waals surface area contributed by atoms with E-state index in [0.29, 0.717) is 12.1 Å². The van der Waals surface area contributed by atoms with Gasteiger partial charge < -0.3 is 10.5 Å². The van der Waals surface area contributed by atoms with Crippen molar-refractivity contribution >= 4 is 0 Å². The summed E-state index contributed by atoms with van der Waals surface area (Å²) < 4.78 is 5.76. The van der Waals surface area contributed by atoms with Crippen LogP contribution < -0.4 is 5.73 Å². The molecule has 1 heterocycles. The molecule has 19 heavy (non-hydrogen) atoms. The number of nitrogens with two attached hydrogens (primary N) is 1. The molecule has 1 fully saturated rings. The summed E-state index contributed by atoms with van der Waals surface area (Å²) in [6.07, 6.45) is 8.09. The fraction of sp³-hybridized carbons (Fsp3) is 1.00. The van der Waals surface area contributed by atoms with Gasteiger partial charge in [-0.05, 0) is 51.6 Å². The summed E-state index contributed by atoms with van der Waals surface area (Å²) in [5.41, 5.74) is 5.71. The zero-order valence-electron chi connectivity index (χ0n) is 13.2. The molecule has 114 valence electrons. The maximum absolute atomic E-state index is 5.76. The van der Waals surface area contributed by atoms with Gasteiger partial charge in [0.1, 0.15) is 0 Å². The van der Waals surface area contributed by atoms with E-state index < -0.39 is 0 Å². The lowest BCUT2D eigenvalue weighted by molar-refractivity contribution is -0.0564. The Hall–Kier alpha value is -0.120. The molecule has 3 unspecified atom stereocenters. The molecule has 0 aromatic carbocycles. The molecule has 3 nitrogen and oxygen atoms in total. The highest BCUT2D eigenvalue weighted by molar-refractivity contribution is 4.77. The highest BCUT2D eigenvalue weighted by Crippen LogP contribution is 2.20. The molecule has 0 spiro atoms. The quantitative estimate of drug-likeness (QED) is 0.700. The number of hydrogen-bond donors (Lipinski definition) is 1. The zero-order chi connectivity index (χ0) is 14.1. The van der Waals surface area contributed by atoms with Gasteiger partial charge in [-0.25, -0.2) is 0 Å². The molecule has 0 aliphatic carbocycles. The van der Waals surface area contributed by atoms with Crippen LogP contribution in [-0.4, -0.2) is 43.3 Å². The Morgan fingerprint density at radius 1 is 1.26 bits per heavy atom. The minimum absolute atomic E-state index is 0.401. The highest BCUT2D eigenvalue weighted by Gasteiger charge is 2.24. The second-order valence-corrected chi connectivity index (χ2v) is 6.08. The lowest BCUT2D eigenvalue weighted by atomic mass is 9.94.